The second kappa shape index (κ2) is 11.6. The average Bonchev–Trinajstić information content (AvgIpc) is 2.87. The summed E-state index contributed by atoms with van der Waals surface area (Å²) in [6.07, 6.45) is 0.838. The summed E-state index contributed by atoms with van der Waals surface area (Å²) >= 11 is 12.8. The quantitative estimate of drug-likeness (QED) is 0.343. The number of carbonyl (C=O) groups excluding carboxylic acids is 2. The molecule has 0 saturated carbocycles. The molecule has 0 amide bonds. The van der Waals surface area contributed by atoms with Crippen molar-refractivity contribution < 1.29 is 28.5 Å². The molecule has 9 heteroatoms. The lowest BCUT2D eigenvalue weighted by Crippen LogP contribution is -2.36. The Labute approximate surface area is 226 Å². The molecule has 196 valence electrons. The zero-order valence-electron chi connectivity index (χ0n) is 21.2. The molecule has 0 aromatic heterocycles. The second-order valence-electron chi connectivity index (χ2n) is 8.93. The number of nitrogens with one attached hydrogen (secondary N) is 1. The molecule has 0 fully saturated rings. The Bertz CT molecular complexity index is 1290. The van der Waals surface area contributed by atoms with Crippen LogP contribution in [0.25, 0.3) is 0 Å². The van der Waals surface area contributed by atoms with Gasteiger partial charge in [-0.1, -0.05) is 35.3 Å². The van der Waals surface area contributed by atoms with Gasteiger partial charge in [-0.3, -0.25) is 4.79 Å². The maximum Gasteiger partial charge on any atom is 0.336 e. The smallest absolute Gasteiger partial charge is 0.336 e. The molecule has 1 aliphatic heterocycles. The van der Waals surface area contributed by atoms with E-state index < -0.39 is 11.9 Å². The Morgan fingerprint density at radius 3 is 2.43 bits per heavy atom. The van der Waals surface area contributed by atoms with Crippen LogP contribution in [0, 0.1) is 0 Å². The van der Waals surface area contributed by atoms with Crippen molar-refractivity contribution in [3.8, 4) is 11.5 Å². The van der Waals surface area contributed by atoms with E-state index in [4.69, 9.17) is 42.1 Å². The first kappa shape index (κ1) is 27.0. The van der Waals surface area contributed by atoms with Gasteiger partial charge in [0.1, 0.15) is 6.61 Å². The zero-order chi connectivity index (χ0) is 26.7. The van der Waals surface area contributed by atoms with Crippen molar-refractivity contribution in [1.82, 2.24) is 5.32 Å². The third-order valence-electron chi connectivity index (χ3n) is 6.72. The first-order valence-electron chi connectivity index (χ1n) is 11.9. The summed E-state index contributed by atoms with van der Waals surface area (Å²) < 4.78 is 21.3. The van der Waals surface area contributed by atoms with Crippen LogP contribution >= 0.6 is 23.2 Å². The summed E-state index contributed by atoms with van der Waals surface area (Å²) in [5.41, 5.74) is 3.82. The van der Waals surface area contributed by atoms with Gasteiger partial charge >= 0.3 is 5.97 Å². The van der Waals surface area contributed by atoms with Gasteiger partial charge in [-0.15, -0.1) is 0 Å². The van der Waals surface area contributed by atoms with Crippen LogP contribution < -0.4 is 14.8 Å². The largest absolute Gasteiger partial charge is 0.493 e. The van der Waals surface area contributed by atoms with Crippen LogP contribution in [0.5, 0.6) is 11.5 Å². The SMILES string of the molecule is COCCOC(=O)C1=C(C)NC2=C(C(=O)C[C@@H](c3ccc(OC)c(OC)c3)C2)[C@H]1c1ccc(Cl)cc1Cl. The molecule has 2 aliphatic rings. The second-order valence-corrected chi connectivity index (χ2v) is 9.77. The van der Waals surface area contributed by atoms with Crippen molar-refractivity contribution >= 4 is 35.0 Å². The number of Topliss-reactive ketones (excluding diaryl/α,β-unsaturated/α-hetero) is 1. The molecule has 2 aromatic carbocycles. The standard InChI is InChI=1S/C28H29Cl2NO6/c1-15-25(28(33)37-10-9-34-2)26(19-7-6-18(29)14-20(19)30)27-21(31-15)11-17(12-22(27)32)16-5-8-23(35-3)24(13-16)36-4/h5-8,13-14,17,26,31H,9-12H2,1-4H3/t17-,26-/m0/s1. The van der Waals surface area contributed by atoms with E-state index in [0.717, 1.165) is 11.3 Å². The lowest BCUT2D eigenvalue weighted by molar-refractivity contribution is -0.140. The number of benzene rings is 2. The lowest BCUT2D eigenvalue weighted by atomic mass is 9.71. The maximum atomic E-state index is 13.8. The summed E-state index contributed by atoms with van der Waals surface area (Å²) in [6.45, 7) is 2.16. The molecule has 1 aliphatic carbocycles. The van der Waals surface area contributed by atoms with E-state index in [1.54, 1.807) is 39.3 Å². The molecule has 2 atom stereocenters. The van der Waals surface area contributed by atoms with Crippen LogP contribution in [-0.4, -0.2) is 46.3 Å². The van der Waals surface area contributed by atoms with Crippen molar-refractivity contribution in [2.45, 2.75) is 31.6 Å². The van der Waals surface area contributed by atoms with E-state index in [-0.39, 0.29) is 31.3 Å². The molecule has 1 N–H and O–H groups in total. The average molecular weight is 546 g/mol. The minimum Gasteiger partial charge on any atom is -0.493 e. The van der Waals surface area contributed by atoms with Gasteiger partial charge in [-0.25, -0.2) is 4.79 Å². The molecule has 0 bridgehead atoms. The van der Waals surface area contributed by atoms with E-state index >= 15 is 0 Å². The fourth-order valence-electron chi connectivity index (χ4n) is 4.99. The number of rotatable bonds is 8. The normalized spacial score (nSPS) is 19.4. The predicted molar refractivity (Wildman–Crippen MR) is 141 cm³/mol. The maximum absolute atomic E-state index is 13.8. The van der Waals surface area contributed by atoms with Gasteiger partial charge in [0.25, 0.3) is 0 Å². The van der Waals surface area contributed by atoms with Gasteiger partial charge in [-0.2, -0.15) is 0 Å². The highest BCUT2D eigenvalue weighted by Crippen LogP contribution is 2.48. The summed E-state index contributed by atoms with van der Waals surface area (Å²) in [6, 6.07) is 10.8. The third-order valence-corrected chi connectivity index (χ3v) is 7.28. The summed E-state index contributed by atoms with van der Waals surface area (Å²) in [4.78, 5) is 27.0. The molecule has 7 nitrogen and oxygen atoms in total. The number of ketones is 1. The highest BCUT2D eigenvalue weighted by molar-refractivity contribution is 6.35. The Balaban J connectivity index is 1.76. The number of methoxy groups -OCH3 is 3. The molecule has 0 unspecified atom stereocenters. The zero-order valence-corrected chi connectivity index (χ0v) is 22.7. The molecule has 4 rings (SSSR count). The lowest BCUT2D eigenvalue weighted by Gasteiger charge is -2.37. The van der Waals surface area contributed by atoms with Crippen LogP contribution in [0.1, 0.15) is 42.7 Å². The van der Waals surface area contributed by atoms with Crippen molar-refractivity contribution in [2.24, 2.45) is 0 Å². The molecule has 1 heterocycles. The van der Waals surface area contributed by atoms with Gasteiger partial charge in [0.05, 0.1) is 26.4 Å². The Hall–Kier alpha value is -3.00. The Kier molecular flexibility index (Phi) is 8.47. The van der Waals surface area contributed by atoms with E-state index in [9.17, 15) is 9.59 Å². The number of hydrogen-bond donors (Lipinski definition) is 1. The first-order chi connectivity index (χ1) is 17.8. The van der Waals surface area contributed by atoms with E-state index in [1.807, 2.05) is 18.2 Å². The van der Waals surface area contributed by atoms with Crippen molar-refractivity contribution in [1.29, 1.82) is 0 Å². The summed E-state index contributed by atoms with van der Waals surface area (Å²) in [5.74, 6) is -0.139. The van der Waals surface area contributed by atoms with Crippen molar-refractivity contribution in [2.75, 3.05) is 34.5 Å². The van der Waals surface area contributed by atoms with Gasteiger partial charge in [0.2, 0.25) is 0 Å². The molecule has 0 saturated heterocycles. The van der Waals surface area contributed by atoms with Gasteiger partial charge in [0, 0.05) is 46.5 Å². The van der Waals surface area contributed by atoms with E-state index in [0.29, 0.717) is 50.4 Å². The van der Waals surface area contributed by atoms with E-state index in [1.165, 1.54) is 7.11 Å². The molecular formula is C28H29Cl2NO6. The summed E-state index contributed by atoms with van der Waals surface area (Å²) in [7, 11) is 4.70. The predicted octanol–water partition coefficient (Wildman–Crippen LogP) is 5.56. The third kappa shape index (κ3) is 5.49. The fraction of sp³-hybridized carbons (Fsp3) is 0.357. The minimum atomic E-state index is -0.685. The van der Waals surface area contributed by atoms with Gasteiger partial charge < -0.3 is 24.3 Å². The topological polar surface area (TPSA) is 83.1 Å². The molecule has 2 aromatic rings. The van der Waals surface area contributed by atoms with Crippen molar-refractivity contribution in [3.63, 3.8) is 0 Å². The van der Waals surface area contributed by atoms with Crippen LogP contribution in [0.2, 0.25) is 10.0 Å². The van der Waals surface area contributed by atoms with Gasteiger partial charge in [-0.05, 0) is 54.7 Å². The summed E-state index contributed by atoms with van der Waals surface area (Å²) in [5, 5.41) is 4.17. The minimum absolute atomic E-state index is 0.0701. The number of hydrogen-bond acceptors (Lipinski definition) is 7. The highest BCUT2D eigenvalue weighted by Gasteiger charge is 2.42. The highest BCUT2D eigenvalue weighted by atomic mass is 35.5. The Morgan fingerprint density at radius 2 is 1.76 bits per heavy atom. The molecule has 0 spiro atoms. The number of dihydropyridines is 1. The fourth-order valence-corrected chi connectivity index (χ4v) is 5.51. The number of halogens is 2. The molecule has 0 radical (unpaired) electrons. The Morgan fingerprint density at radius 1 is 1.00 bits per heavy atom. The number of carbonyl (C=O) groups is 2. The molecular weight excluding hydrogens is 517 g/mol. The van der Waals surface area contributed by atoms with Crippen LogP contribution in [0.4, 0.5) is 0 Å². The van der Waals surface area contributed by atoms with E-state index in [2.05, 4.69) is 5.32 Å². The number of esters is 1. The van der Waals surface area contributed by atoms with Crippen LogP contribution in [0.3, 0.4) is 0 Å². The van der Waals surface area contributed by atoms with Crippen molar-refractivity contribution in [3.05, 3.63) is 80.1 Å². The monoisotopic (exact) mass is 545 g/mol. The first-order valence-corrected chi connectivity index (χ1v) is 12.6. The van der Waals surface area contributed by atoms with Crippen LogP contribution in [0.15, 0.2) is 58.9 Å². The number of ether oxygens (including phenoxy) is 4. The van der Waals surface area contributed by atoms with Crippen LogP contribution in [-0.2, 0) is 19.1 Å². The molecule has 37 heavy (non-hydrogen) atoms. The van der Waals surface area contributed by atoms with Gasteiger partial charge in [0.15, 0.2) is 17.3 Å². The number of allylic oxidation sites excluding steroid dienone is 3.